The number of sulfone groups is 1. The van der Waals surface area contributed by atoms with Crippen LogP contribution in [0.3, 0.4) is 0 Å². The number of aliphatic imine (C=N–C) groups is 1. The molecule has 0 saturated heterocycles. The van der Waals surface area contributed by atoms with E-state index in [0.717, 1.165) is 11.2 Å². The van der Waals surface area contributed by atoms with Gasteiger partial charge in [0, 0.05) is 20.4 Å². The van der Waals surface area contributed by atoms with Crippen LogP contribution in [0.1, 0.15) is 46.2 Å². The minimum absolute atomic E-state index is 0.158. The number of amides is 2. The van der Waals surface area contributed by atoms with E-state index >= 15 is 0 Å². The van der Waals surface area contributed by atoms with Crippen molar-refractivity contribution in [2.24, 2.45) is 4.99 Å². The van der Waals surface area contributed by atoms with Gasteiger partial charge in [0.25, 0.3) is 11.8 Å². The van der Waals surface area contributed by atoms with E-state index in [9.17, 15) is 18.0 Å². The quantitative estimate of drug-likeness (QED) is 0.320. The zero-order chi connectivity index (χ0) is 25.2. The van der Waals surface area contributed by atoms with E-state index in [1.165, 1.54) is 7.11 Å². The summed E-state index contributed by atoms with van der Waals surface area (Å²) in [6, 6.07) is 8.68. The molecule has 3 rings (SSSR count). The van der Waals surface area contributed by atoms with E-state index in [-0.39, 0.29) is 11.1 Å². The smallest absolute Gasteiger partial charge is 0.264 e. The molecular formula is C24H29N3O6S. The molecule has 1 aliphatic rings. The number of ether oxygens (including phenoxy) is 2. The summed E-state index contributed by atoms with van der Waals surface area (Å²) in [6.45, 7) is 3.95. The molecule has 2 amide bonds. The first-order valence-electron chi connectivity index (χ1n) is 10.7. The third-order valence-electron chi connectivity index (χ3n) is 5.50. The van der Waals surface area contributed by atoms with E-state index in [4.69, 9.17) is 9.47 Å². The molecule has 2 aromatic rings. The zero-order valence-corrected chi connectivity index (χ0v) is 21.0. The Kier molecular flexibility index (Phi) is 7.30. The van der Waals surface area contributed by atoms with E-state index < -0.39 is 33.4 Å². The SMILES string of the molecule is CCOc1cc(C(CS(C)(=O)=O)N2C(=O)c3cccc(N=C(C)N(C)C)c3C2=O)ccc1OC. The fraction of sp³-hybridized carbons (Fsp3) is 0.375. The molecule has 10 heteroatoms. The third kappa shape index (κ3) is 5.06. The van der Waals surface area contributed by atoms with Crippen LogP contribution in [0.5, 0.6) is 11.5 Å². The normalized spacial score (nSPS) is 14.8. The number of methoxy groups -OCH3 is 1. The second-order valence-corrected chi connectivity index (χ2v) is 10.4. The predicted molar refractivity (Wildman–Crippen MR) is 130 cm³/mol. The minimum atomic E-state index is -3.58. The molecule has 2 aromatic carbocycles. The van der Waals surface area contributed by atoms with Crippen molar-refractivity contribution in [1.29, 1.82) is 0 Å². The van der Waals surface area contributed by atoms with Crippen LogP contribution in [0.2, 0.25) is 0 Å². The summed E-state index contributed by atoms with van der Waals surface area (Å²) < 4.78 is 35.6. The van der Waals surface area contributed by atoms with Crippen LogP contribution in [0, 0.1) is 0 Å². The van der Waals surface area contributed by atoms with Crippen molar-refractivity contribution < 1.29 is 27.5 Å². The molecule has 0 fully saturated rings. The van der Waals surface area contributed by atoms with Crippen molar-refractivity contribution in [3.05, 3.63) is 53.1 Å². The topological polar surface area (TPSA) is 106 Å². The fourth-order valence-electron chi connectivity index (χ4n) is 3.71. The Morgan fingerprint density at radius 2 is 1.82 bits per heavy atom. The highest BCUT2D eigenvalue weighted by molar-refractivity contribution is 7.90. The Bertz CT molecular complexity index is 1250. The monoisotopic (exact) mass is 487 g/mol. The molecular weight excluding hydrogens is 458 g/mol. The van der Waals surface area contributed by atoms with E-state index in [2.05, 4.69) is 4.99 Å². The van der Waals surface area contributed by atoms with Crippen LogP contribution in [0.25, 0.3) is 0 Å². The first-order valence-corrected chi connectivity index (χ1v) is 12.8. The van der Waals surface area contributed by atoms with Gasteiger partial charge in [-0.15, -0.1) is 0 Å². The lowest BCUT2D eigenvalue weighted by molar-refractivity contribution is 0.0597. The molecule has 182 valence electrons. The van der Waals surface area contributed by atoms with Crippen molar-refractivity contribution >= 4 is 33.2 Å². The van der Waals surface area contributed by atoms with E-state index in [1.807, 2.05) is 21.0 Å². The Morgan fingerprint density at radius 3 is 2.41 bits per heavy atom. The highest BCUT2D eigenvalue weighted by Crippen LogP contribution is 2.39. The number of carbonyl (C=O) groups is 2. The fourth-order valence-corrected chi connectivity index (χ4v) is 4.63. The van der Waals surface area contributed by atoms with Gasteiger partial charge in [0.2, 0.25) is 0 Å². The van der Waals surface area contributed by atoms with Crippen LogP contribution in [-0.4, -0.2) is 75.7 Å². The molecule has 0 saturated carbocycles. The second kappa shape index (κ2) is 9.84. The molecule has 0 radical (unpaired) electrons. The van der Waals surface area contributed by atoms with Crippen LogP contribution in [0.15, 0.2) is 41.4 Å². The summed E-state index contributed by atoms with van der Waals surface area (Å²) >= 11 is 0. The summed E-state index contributed by atoms with van der Waals surface area (Å²) in [5.74, 6) is -0.0935. The predicted octanol–water partition coefficient (Wildman–Crippen LogP) is 3.09. The number of fused-ring (bicyclic) bond motifs is 1. The Labute approximate surface area is 199 Å². The maximum atomic E-state index is 13.6. The maximum Gasteiger partial charge on any atom is 0.264 e. The van der Waals surface area contributed by atoms with Crippen molar-refractivity contribution in [3.63, 3.8) is 0 Å². The van der Waals surface area contributed by atoms with Gasteiger partial charge < -0.3 is 14.4 Å². The van der Waals surface area contributed by atoms with Crippen molar-refractivity contribution in [2.75, 3.05) is 39.8 Å². The molecule has 1 aliphatic heterocycles. The number of imide groups is 1. The number of hydrogen-bond donors (Lipinski definition) is 0. The molecule has 0 aromatic heterocycles. The molecule has 0 spiro atoms. The van der Waals surface area contributed by atoms with Crippen molar-refractivity contribution in [1.82, 2.24) is 9.80 Å². The number of carbonyl (C=O) groups excluding carboxylic acids is 2. The number of rotatable bonds is 8. The van der Waals surface area contributed by atoms with Gasteiger partial charge >= 0.3 is 0 Å². The average Bonchev–Trinajstić information content (AvgIpc) is 3.02. The molecule has 1 heterocycles. The van der Waals surface area contributed by atoms with Gasteiger partial charge in [-0.2, -0.15) is 0 Å². The number of amidine groups is 1. The standard InChI is InChI=1S/C24H29N3O6S/c1-7-33-21-13-16(11-12-20(21)32-5)19(14-34(6,30)31)27-23(28)17-9-8-10-18(22(17)24(27)29)25-15(2)26(3)4/h8-13,19H,7,14H2,1-6H3. The van der Waals surface area contributed by atoms with Gasteiger partial charge in [0.15, 0.2) is 11.5 Å². The van der Waals surface area contributed by atoms with Crippen LogP contribution < -0.4 is 9.47 Å². The van der Waals surface area contributed by atoms with Crippen molar-refractivity contribution in [2.45, 2.75) is 19.9 Å². The number of nitrogens with zero attached hydrogens (tertiary/aromatic N) is 3. The average molecular weight is 488 g/mol. The van der Waals surface area contributed by atoms with E-state index in [0.29, 0.717) is 35.2 Å². The van der Waals surface area contributed by atoms with E-state index in [1.54, 1.807) is 48.2 Å². The first-order chi connectivity index (χ1) is 16.0. The highest BCUT2D eigenvalue weighted by Gasteiger charge is 2.43. The second-order valence-electron chi connectivity index (χ2n) is 8.18. The summed E-state index contributed by atoms with van der Waals surface area (Å²) in [5, 5.41) is 0. The van der Waals surface area contributed by atoms with Gasteiger partial charge in [-0.05, 0) is 43.7 Å². The Balaban J connectivity index is 2.15. The molecule has 0 N–H and O–H groups in total. The Morgan fingerprint density at radius 1 is 1.12 bits per heavy atom. The number of benzene rings is 2. The summed E-state index contributed by atoms with van der Waals surface area (Å²) in [4.78, 5) is 34.3. The summed E-state index contributed by atoms with van der Waals surface area (Å²) in [5.41, 5.74) is 1.15. The highest BCUT2D eigenvalue weighted by atomic mass is 32.2. The van der Waals surface area contributed by atoms with Crippen LogP contribution in [0.4, 0.5) is 5.69 Å². The Hall–Kier alpha value is -3.40. The van der Waals surface area contributed by atoms with Gasteiger partial charge in [-0.1, -0.05) is 12.1 Å². The number of hydrogen-bond acceptors (Lipinski definition) is 7. The molecule has 0 bridgehead atoms. The summed E-state index contributed by atoms with van der Waals surface area (Å²) in [6.07, 6.45) is 1.07. The first kappa shape index (κ1) is 25.2. The lowest BCUT2D eigenvalue weighted by atomic mass is 10.1. The van der Waals surface area contributed by atoms with Gasteiger partial charge in [-0.3, -0.25) is 14.5 Å². The third-order valence-corrected chi connectivity index (χ3v) is 6.42. The lowest BCUT2D eigenvalue weighted by Crippen LogP contribution is -2.37. The van der Waals surface area contributed by atoms with Crippen molar-refractivity contribution in [3.8, 4) is 11.5 Å². The molecule has 1 unspecified atom stereocenters. The lowest BCUT2D eigenvalue weighted by Gasteiger charge is -2.26. The van der Waals surface area contributed by atoms with Gasteiger partial charge in [0.1, 0.15) is 15.7 Å². The molecule has 34 heavy (non-hydrogen) atoms. The largest absolute Gasteiger partial charge is 0.493 e. The maximum absolute atomic E-state index is 13.6. The molecule has 9 nitrogen and oxygen atoms in total. The zero-order valence-electron chi connectivity index (χ0n) is 20.2. The van der Waals surface area contributed by atoms with Crippen LogP contribution in [-0.2, 0) is 9.84 Å². The summed E-state index contributed by atoms with van der Waals surface area (Å²) in [7, 11) is 1.56. The molecule has 1 atom stereocenters. The molecule has 0 aliphatic carbocycles. The van der Waals surface area contributed by atoms with Gasteiger partial charge in [0.05, 0.1) is 42.3 Å². The van der Waals surface area contributed by atoms with Crippen LogP contribution >= 0.6 is 0 Å². The minimum Gasteiger partial charge on any atom is -0.493 e. The van der Waals surface area contributed by atoms with Gasteiger partial charge in [-0.25, -0.2) is 13.4 Å².